The highest BCUT2D eigenvalue weighted by Gasteiger charge is 2.10. The first kappa shape index (κ1) is 12.9. The molecular weight excluding hydrogens is 227 g/mol. The molecule has 1 rings (SSSR count). The molecule has 0 aromatic heterocycles. The highest BCUT2D eigenvalue weighted by atomic mass is 35.5. The number of benzene rings is 1. The number of ketones is 1. The molecule has 86 valence electrons. The Morgan fingerprint density at radius 2 is 2.19 bits per heavy atom. The van der Waals surface area contributed by atoms with Crippen LogP contribution in [0.15, 0.2) is 29.8 Å². The third kappa shape index (κ3) is 3.17. The van der Waals surface area contributed by atoms with Gasteiger partial charge in [0, 0.05) is 11.4 Å². The van der Waals surface area contributed by atoms with Crippen molar-refractivity contribution in [3.05, 3.63) is 46.3 Å². The van der Waals surface area contributed by atoms with Crippen molar-refractivity contribution < 1.29 is 9.18 Å². The van der Waals surface area contributed by atoms with Crippen LogP contribution in [0.1, 0.15) is 25.8 Å². The predicted molar refractivity (Wildman–Crippen MR) is 64.2 cm³/mol. The van der Waals surface area contributed by atoms with E-state index in [9.17, 15) is 9.18 Å². The second kappa shape index (κ2) is 5.80. The lowest BCUT2D eigenvalue weighted by molar-refractivity contribution is -0.115. The predicted octanol–water partition coefficient (Wildman–Crippen LogP) is 3.95. The van der Waals surface area contributed by atoms with Crippen molar-refractivity contribution in [2.24, 2.45) is 0 Å². The van der Waals surface area contributed by atoms with Gasteiger partial charge >= 0.3 is 0 Å². The average Bonchev–Trinajstić information content (AvgIpc) is 2.24. The molecule has 1 aromatic rings. The van der Waals surface area contributed by atoms with Gasteiger partial charge in [-0.05, 0) is 36.6 Å². The molecule has 3 heteroatoms. The highest BCUT2D eigenvalue weighted by molar-refractivity contribution is 6.31. The zero-order chi connectivity index (χ0) is 12.1. The molecule has 0 atom stereocenters. The van der Waals surface area contributed by atoms with Crippen LogP contribution in [0.3, 0.4) is 0 Å². The van der Waals surface area contributed by atoms with Gasteiger partial charge in [-0.1, -0.05) is 30.7 Å². The fourth-order valence-electron chi connectivity index (χ4n) is 1.51. The maximum absolute atomic E-state index is 12.8. The maximum Gasteiger partial charge on any atom is 0.162 e. The van der Waals surface area contributed by atoms with E-state index in [4.69, 9.17) is 11.6 Å². The zero-order valence-corrected chi connectivity index (χ0v) is 10.1. The SMILES string of the molecule is C/C=C(/CC)C(=O)Cc1ccc(F)cc1Cl. The van der Waals surface area contributed by atoms with Gasteiger partial charge in [-0.3, -0.25) is 4.79 Å². The van der Waals surface area contributed by atoms with Crippen molar-refractivity contribution in [3.63, 3.8) is 0 Å². The molecule has 0 unspecified atom stereocenters. The van der Waals surface area contributed by atoms with E-state index in [2.05, 4.69) is 0 Å². The maximum atomic E-state index is 12.8. The lowest BCUT2D eigenvalue weighted by atomic mass is 10.0. The number of hydrogen-bond donors (Lipinski definition) is 0. The Kier molecular flexibility index (Phi) is 4.69. The Bertz CT molecular complexity index is 424. The number of Topliss-reactive ketones (excluding diaryl/α,β-unsaturated/α-hetero) is 1. The van der Waals surface area contributed by atoms with Gasteiger partial charge in [0.15, 0.2) is 5.78 Å². The number of carbonyl (C=O) groups excluding carboxylic acids is 1. The fourth-order valence-corrected chi connectivity index (χ4v) is 1.75. The van der Waals surface area contributed by atoms with Gasteiger partial charge in [0.25, 0.3) is 0 Å². The summed E-state index contributed by atoms with van der Waals surface area (Å²) in [6, 6.07) is 4.10. The molecule has 0 saturated carbocycles. The molecule has 1 aromatic carbocycles. The third-order valence-electron chi connectivity index (χ3n) is 2.45. The Labute approximate surface area is 99.9 Å². The van der Waals surface area contributed by atoms with Crippen LogP contribution in [0.25, 0.3) is 0 Å². The standard InChI is InChI=1S/C13H14ClFO/c1-3-9(4-2)13(16)7-10-5-6-11(15)8-12(10)14/h3,5-6,8H,4,7H2,1-2H3/b9-3-. The van der Waals surface area contributed by atoms with Crippen LogP contribution in [0.5, 0.6) is 0 Å². The number of allylic oxidation sites excluding steroid dienone is 2. The summed E-state index contributed by atoms with van der Waals surface area (Å²) in [4.78, 5) is 11.8. The first-order chi connectivity index (χ1) is 7.58. The molecule has 0 aliphatic heterocycles. The van der Waals surface area contributed by atoms with Crippen LogP contribution >= 0.6 is 11.6 Å². The van der Waals surface area contributed by atoms with Gasteiger partial charge in [0.2, 0.25) is 0 Å². The second-order valence-electron chi connectivity index (χ2n) is 3.50. The van der Waals surface area contributed by atoms with Gasteiger partial charge in [-0.2, -0.15) is 0 Å². The smallest absolute Gasteiger partial charge is 0.162 e. The lowest BCUT2D eigenvalue weighted by Gasteiger charge is -2.05. The lowest BCUT2D eigenvalue weighted by Crippen LogP contribution is -2.06. The summed E-state index contributed by atoms with van der Waals surface area (Å²) >= 11 is 5.85. The molecule has 0 bridgehead atoms. The average molecular weight is 241 g/mol. The molecule has 0 radical (unpaired) electrons. The van der Waals surface area contributed by atoms with Gasteiger partial charge in [-0.15, -0.1) is 0 Å². The van der Waals surface area contributed by atoms with Gasteiger partial charge < -0.3 is 0 Å². The van der Waals surface area contributed by atoms with E-state index in [-0.39, 0.29) is 18.0 Å². The van der Waals surface area contributed by atoms with Crippen molar-refractivity contribution in [1.29, 1.82) is 0 Å². The number of carbonyl (C=O) groups is 1. The molecular formula is C13H14ClFO. The minimum Gasteiger partial charge on any atom is -0.294 e. The fraction of sp³-hybridized carbons (Fsp3) is 0.308. The van der Waals surface area contributed by atoms with E-state index in [1.807, 2.05) is 13.8 Å². The van der Waals surface area contributed by atoms with Crippen molar-refractivity contribution in [1.82, 2.24) is 0 Å². The second-order valence-corrected chi connectivity index (χ2v) is 3.91. The Balaban J connectivity index is 2.85. The summed E-state index contributed by atoms with van der Waals surface area (Å²) in [5.74, 6) is -0.346. The van der Waals surface area contributed by atoms with E-state index < -0.39 is 0 Å². The molecule has 0 amide bonds. The first-order valence-electron chi connectivity index (χ1n) is 5.20. The summed E-state index contributed by atoms with van der Waals surface area (Å²) < 4.78 is 12.8. The Hall–Kier alpha value is -1.15. The van der Waals surface area contributed by atoms with Crippen LogP contribution in [0, 0.1) is 5.82 Å². The third-order valence-corrected chi connectivity index (χ3v) is 2.81. The summed E-state index contributed by atoms with van der Waals surface area (Å²) in [5.41, 5.74) is 1.45. The molecule has 16 heavy (non-hydrogen) atoms. The van der Waals surface area contributed by atoms with Crippen LogP contribution in [0.2, 0.25) is 5.02 Å². The summed E-state index contributed by atoms with van der Waals surface area (Å²) in [5, 5.41) is 0.305. The number of hydrogen-bond acceptors (Lipinski definition) is 1. The molecule has 0 spiro atoms. The van der Waals surface area contributed by atoms with E-state index in [1.165, 1.54) is 12.1 Å². The Morgan fingerprint density at radius 3 is 2.69 bits per heavy atom. The molecule has 0 fully saturated rings. The molecule has 0 aliphatic rings. The highest BCUT2D eigenvalue weighted by Crippen LogP contribution is 2.19. The number of halogens is 2. The van der Waals surface area contributed by atoms with Crippen molar-refractivity contribution >= 4 is 17.4 Å². The van der Waals surface area contributed by atoms with Gasteiger partial charge in [0.05, 0.1) is 0 Å². The van der Waals surface area contributed by atoms with E-state index in [0.29, 0.717) is 17.0 Å². The van der Waals surface area contributed by atoms with Gasteiger partial charge in [-0.25, -0.2) is 4.39 Å². The normalized spacial score (nSPS) is 11.6. The van der Waals surface area contributed by atoms with Crippen molar-refractivity contribution in [3.8, 4) is 0 Å². The monoisotopic (exact) mass is 240 g/mol. The summed E-state index contributed by atoms with van der Waals surface area (Å²) in [6.45, 7) is 3.77. The summed E-state index contributed by atoms with van der Waals surface area (Å²) in [6.07, 6.45) is 2.74. The van der Waals surface area contributed by atoms with Crippen LogP contribution in [-0.2, 0) is 11.2 Å². The molecule has 0 saturated heterocycles. The number of rotatable bonds is 4. The van der Waals surface area contributed by atoms with Gasteiger partial charge in [0.1, 0.15) is 5.82 Å². The quantitative estimate of drug-likeness (QED) is 0.729. The molecule has 0 aliphatic carbocycles. The van der Waals surface area contributed by atoms with Crippen LogP contribution in [0.4, 0.5) is 4.39 Å². The van der Waals surface area contributed by atoms with E-state index >= 15 is 0 Å². The van der Waals surface area contributed by atoms with E-state index in [0.717, 1.165) is 5.57 Å². The van der Waals surface area contributed by atoms with Crippen molar-refractivity contribution in [2.75, 3.05) is 0 Å². The van der Waals surface area contributed by atoms with Crippen molar-refractivity contribution in [2.45, 2.75) is 26.7 Å². The topological polar surface area (TPSA) is 17.1 Å². The van der Waals surface area contributed by atoms with E-state index in [1.54, 1.807) is 12.1 Å². The zero-order valence-electron chi connectivity index (χ0n) is 9.39. The molecule has 0 heterocycles. The molecule has 1 nitrogen and oxygen atoms in total. The first-order valence-corrected chi connectivity index (χ1v) is 5.58. The van der Waals surface area contributed by atoms with Crippen LogP contribution in [-0.4, -0.2) is 5.78 Å². The van der Waals surface area contributed by atoms with Crippen LogP contribution < -0.4 is 0 Å². The minimum atomic E-state index is -0.386. The Morgan fingerprint density at radius 1 is 1.50 bits per heavy atom. The molecule has 0 N–H and O–H groups in total. The largest absolute Gasteiger partial charge is 0.294 e. The summed E-state index contributed by atoms with van der Waals surface area (Å²) in [7, 11) is 0. The minimum absolute atomic E-state index is 0.0403.